The van der Waals surface area contributed by atoms with Crippen molar-refractivity contribution in [1.29, 1.82) is 0 Å². The number of rotatable bonds is 19. The van der Waals surface area contributed by atoms with Gasteiger partial charge in [-0.3, -0.25) is 4.79 Å². The molecule has 0 aromatic carbocycles. The number of hydrogen-bond donors (Lipinski definition) is 2. The quantitative estimate of drug-likeness (QED) is 0.0625. The van der Waals surface area contributed by atoms with Crippen molar-refractivity contribution in [3.05, 3.63) is 37.0 Å². The second-order valence-electron chi connectivity index (χ2n) is 16.1. The number of aliphatic hydroxyl groups is 1. The third kappa shape index (κ3) is 13.7. The third-order valence-electron chi connectivity index (χ3n) is 10.2. The van der Waals surface area contributed by atoms with E-state index < -0.39 is 40.7 Å². The first-order valence-corrected chi connectivity index (χ1v) is 22.5. The molecule has 0 radical (unpaired) electrons. The molecular weight excluding hydrogens is 599 g/mol. The molecule has 0 aliphatic rings. The zero-order chi connectivity index (χ0) is 35.6. The molecule has 0 rings (SSSR count). The zero-order valence-electron chi connectivity index (χ0n) is 31.6. The van der Waals surface area contributed by atoms with Crippen LogP contribution in [0.15, 0.2) is 37.0 Å². The van der Waals surface area contributed by atoms with E-state index in [1.807, 2.05) is 39.0 Å². The molecule has 0 amide bonds. The lowest BCUT2D eigenvalue weighted by Crippen LogP contribution is -2.52. The van der Waals surface area contributed by atoms with E-state index in [1.165, 1.54) is 13.2 Å². The van der Waals surface area contributed by atoms with Crippen molar-refractivity contribution < 1.29 is 28.3 Å². The van der Waals surface area contributed by atoms with E-state index in [2.05, 4.69) is 93.5 Å². The van der Waals surface area contributed by atoms with E-state index >= 15 is 0 Å². The van der Waals surface area contributed by atoms with Gasteiger partial charge in [0.05, 0.1) is 32.0 Å². The Balaban J connectivity index is 5.97. The first kappa shape index (κ1) is 43.6. The van der Waals surface area contributed by atoms with Crippen LogP contribution < -0.4 is 5.32 Å². The fourth-order valence-corrected chi connectivity index (χ4v) is 7.71. The van der Waals surface area contributed by atoms with Gasteiger partial charge in [0.1, 0.15) is 0 Å². The molecule has 262 valence electrons. The molecule has 8 atom stereocenters. The predicted octanol–water partition coefficient (Wildman–Crippen LogP) is 7.94. The Morgan fingerprint density at radius 3 is 1.78 bits per heavy atom. The summed E-state index contributed by atoms with van der Waals surface area (Å²) in [6, 6.07) is 0. The number of carbonyl (C=O) groups excluding carboxylic acids is 2. The molecular formula is C36H69NO6Si2. The monoisotopic (exact) mass is 667 g/mol. The summed E-state index contributed by atoms with van der Waals surface area (Å²) in [7, 11) is -3.00. The number of Topliss-reactive ketones (excluding diaryl/α,β-unsaturated/α-hetero) is 1. The van der Waals surface area contributed by atoms with E-state index in [9.17, 15) is 14.7 Å². The Labute approximate surface area is 278 Å². The lowest BCUT2D eigenvalue weighted by molar-refractivity contribution is -0.135. The molecule has 0 fully saturated rings. The normalized spacial score (nSPS) is 19.0. The van der Waals surface area contributed by atoms with Crippen LogP contribution in [-0.4, -0.2) is 72.0 Å². The second-order valence-corrected chi connectivity index (χ2v) is 25.6. The lowest BCUT2D eigenvalue weighted by Gasteiger charge is -2.44. The van der Waals surface area contributed by atoms with E-state index in [0.717, 1.165) is 0 Å². The molecule has 9 heteroatoms. The maximum atomic E-state index is 13.7. The van der Waals surface area contributed by atoms with E-state index in [-0.39, 0.29) is 52.2 Å². The zero-order valence-corrected chi connectivity index (χ0v) is 33.6. The summed E-state index contributed by atoms with van der Waals surface area (Å²) in [6.07, 6.45) is 7.56. The molecule has 0 unspecified atom stereocenters. The molecule has 0 aliphatic carbocycles. The van der Waals surface area contributed by atoms with Crippen LogP contribution in [0.25, 0.3) is 0 Å². The van der Waals surface area contributed by atoms with Gasteiger partial charge >= 0.3 is 5.97 Å². The minimum absolute atomic E-state index is 0.0228. The molecule has 0 heterocycles. The molecule has 0 saturated carbocycles. The summed E-state index contributed by atoms with van der Waals surface area (Å²) in [6.45, 7) is 36.6. The van der Waals surface area contributed by atoms with Crippen molar-refractivity contribution in [2.75, 3.05) is 20.2 Å². The number of ether oxygens (including phenoxy) is 1. The molecule has 45 heavy (non-hydrogen) atoms. The van der Waals surface area contributed by atoms with Gasteiger partial charge in [-0.05, 0) is 48.1 Å². The Hall–Kier alpha value is -1.37. The van der Waals surface area contributed by atoms with Crippen LogP contribution in [0, 0.1) is 29.6 Å². The highest BCUT2D eigenvalue weighted by Crippen LogP contribution is 2.41. The number of ketones is 1. The van der Waals surface area contributed by atoms with Crippen LogP contribution in [0.3, 0.4) is 0 Å². The highest BCUT2D eigenvalue weighted by Gasteiger charge is 2.44. The van der Waals surface area contributed by atoms with Gasteiger partial charge < -0.3 is 24.0 Å². The minimum Gasteiger partial charge on any atom is -0.466 e. The third-order valence-corrected chi connectivity index (χ3v) is 19.2. The van der Waals surface area contributed by atoms with E-state index in [0.29, 0.717) is 6.54 Å². The average molecular weight is 668 g/mol. The van der Waals surface area contributed by atoms with Crippen LogP contribution >= 0.6 is 0 Å². The van der Waals surface area contributed by atoms with Crippen molar-refractivity contribution in [2.24, 2.45) is 29.6 Å². The average Bonchev–Trinajstić information content (AvgIpc) is 2.93. The Kier molecular flexibility index (Phi) is 17.7. The SMILES string of the molecule is C=CC=C[C@H](C)[C@H](O)[C@@H](C)[C@H](O[Si](C)(C)C(C)(C)C)[C@@H](C)C(=O)CNC[C@H](C)[C@@H](O[Si](C)(C)C(C)(C)C)[C@@H](C)C=CC(=O)OC. The number of esters is 1. The highest BCUT2D eigenvalue weighted by atomic mass is 28.4. The minimum atomic E-state index is -2.25. The first-order chi connectivity index (χ1) is 20.3. The van der Waals surface area contributed by atoms with Gasteiger partial charge in [-0.2, -0.15) is 0 Å². The van der Waals surface area contributed by atoms with Gasteiger partial charge in [-0.1, -0.05) is 107 Å². The van der Waals surface area contributed by atoms with Gasteiger partial charge in [-0.15, -0.1) is 0 Å². The largest absolute Gasteiger partial charge is 0.466 e. The number of allylic oxidation sites excluding steroid dienone is 2. The van der Waals surface area contributed by atoms with Gasteiger partial charge in [0.25, 0.3) is 0 Å². The topological polar surface area (TPSA) is 94.1 Å². The van der Waals surface area contributed by atoms with Crippen molar-refractivity contribution in [2.45, 2.75) is 131 Å². The molecule has 7 nitrogen and oxygen atoms in total. The van der Waals surface area contributed by atoms with Gasteiger partial charge in [0.15, 0.2) is 22.4 Å². The van der Waals surface area contributed by atoms with Crippen LogP contribution in [0.2, 0.25) is 36.3 Å². The summed E-state index contributed by atoms with van der Waals surface area (Å²) >= 11 is 0. The fraction of sp³-hybridized carbons (Fsp3) is 0.778. The van der Waals surface area contributed by atoms with Crippen molar-refractivity contribution in [1.82, 2.24) is 5.32 Å². The number of methoxy groups -OCH3 is 1. The van der Waals surface area contributed by atoms with Crippen LogP contribution in [0.4, 0.5) is 0 Å². The van der Waals surface area contributed by atoms with E-state index in [1.54, 1.807) is 6.08 Å². The summed E-state index contributed by atoms with van der Waals surface area (Å²) < 4.78 is 18.6. The Morgan fingerprint density at radius 1 is 0.844 bits per heavy atom. The van der Waals surface area contributed by atoms with Crippen LogP contribution in [0.1, 0.15) is 76.2 Å². The molecule has 2 N–H and O–H groups in total. The molecule has 0 aromatic heterocycles. The number of aliphatic hydroxyl groups excluding tert-OH is 1. The number of carbonyl (C=O) groups is 2. The predicted molar refractivity (Wildman–Crippen MR) is 194 cm³/mol. The summed E-state index contributed by atoms with van der Waals surface area (Å²) in [5, 5.41) is 14.7. The number of nitrogens with one attached hydrogen (secondary N) is 1. The highest BCUT2D eigenvalue weighted by molar-refractivity contribution is 6.74. The summed E-state index contributed by atoms with van der Waals surface area (Å²) in [4.78, 5) is 25.5. The smallest absolute Gasteiger partial charge is 0.330 e. The lowest BCUT2D eigenvalue weighted by atomic mass is 9.82. The van der Waals surface area contributed by atoms with Crippen molar-refractivity contribution >= 4 is 28.4 Å². The molecule has 0 saturated heterocycles. The van der Waals surface area contributed by atoms with Crippen molar-refractivity contribution in [3.8, 4) is 0 Å². The van der Waals surface area contributed by atoms with Crippen LogP contribution in [-0.2, 0) is 23.2 Å². The van der Waals surface area contributed by atoms with Crippen molar-refractivity contribution in [3.63, 3.8) is 0 Å². The van der Waals surface area contributed by atoms with Gasteiger partial charge in [-0.25, -0.2) is 4.79 Å². The molecule has 0 spiro atoms. The standard InChI is InChI=1S/C36H69NO6Si2/c1-18-19-20-25(2)32(40)29(6)34(43-45(16,17)36(10,11)12)28(5)30(38)24-37-23-27(4)33(26(3)21-22-31(39)41-13)42-44(14,15)35(7,8)9/h18-22,25-29,32-34,37,40H,1,23-24H2,2-17H3/t25-,26-,27-,28-,29+,32-,33-,34+/m0/s1. The van der Waals surface area contributed by atoms with Gasteiger partial charge in [0.2, 0.25) is 0 Å². The molecule has 0 bridgehead atoms. The fourth-order valence-electron chi connectivity index (χ4n) is 4.77. The molecule has 0 aromatic rings. The maximum Gasteiger partial charge on any atom is 0.330 e. The number of hydrogen-bond acceptors (Lipinski definition) is 7. The second kappa shape index (κ2) is 18.3. The Morgan fingerprint density at radius 2 is 1.33 bits per heavy atom. The van der Waals surface area contributed by atoms with E-state index in [4.69, 9.17) is 13.6 Å². The maximum absolute atomic E-state index is 13.7. The summed E-state index contributed by atoms with van der Waals surface area (Å²) in [5.74, 6) is -1.09. The Bertz CT molecular complexity index is 994. The van der Waals surface area contributed by atoms with Crippen LogP contribution in [0.5, 0.6) is 0 Å². The molecule has 0 aliphatic heterocycles. The first-order valence-electron chi connectivity index (χ1n) is 16.7. The summed E-state index contributed by atoms with van der Waals surface area (Å²) in [5.41, 5.74) is 0. The van der Waals surface area contributed by atoms with Gasteiger partial charge in [0, 0.05) is 30.4 Å².